The lowest BCUT2D eigenvalue weighted by molar-refractivity contribution is 0.0747. The van der Waals surface area contributed by atoms with Gasteiger partial charge in [-0.3, -0.25) is 9.78 Å². The Bertz CT molecular complexity index is 658. The highest BCUT2D eigenvalue weighted by Crippen LogP contribution is 2.30. The molecule has 2 heterocycles. The summed E-state index contributed by atoms with van der Waals surface area (Å²) in [6.07, 6.45) is -0.541. The third kappa shape index (κ3) is 2.33. The van der Waals surface area contributed by atoms with Crippen molar-refractivity contribution in [3.63, 3.8) is 0 Å². The van der Waals surface area contributed by atoms with Gasteiger partial charge in [-0.1, -0.05) is 22.0 Å². The number of halogens is 1. The lowest BCUT2D eigenvalue weighted by Gasteiger charge is -2.26. The number of aryl methyl sites for hydroxylation is 1. The summed E-state index contributed by atoms with van der Waals surface area (Å²) in [5.74, 6) is 0.413. The van der Waals surface area contributed by atoms with Crippen LogP contribution >= 0.6 is 15.9 Å². The summed E-state index contributed by atoms with van der Waals surface area (Å²) < 4.78 is 6.63. The maximum atomic E-state index is 12.1. The number of nitrogens with zero attached hydrogens (tertiary/aromatic N) is 1. The van der Waals surface area contributed by atoms with E-state index in [2.05, 4.69) is 26.2 Å². The molecule has 1 amide bonds. The first-order valence-electron chi connectivity index (χ1n) is 5.84. The Kier molecular flexibility index (Phi) is 2.98. The molecular formula is C14H11BrN2O2. The van der Waals surface area contributed by atoms with Crippen LogP contribution < -0.4 is 10.1 Å². The van der Waals surface area contributed by atoms with Crippen LogP contribution in [-0.2, 0) is 0 Å². The van der Waals surface area contributed by atoms with Gasteiger partial charge in [0.15, 0.2) is 0 Å². The van der Waals surface area contributed by atoms with E-state index in [1.165, 1.54) is 0 Å². The van der Waals surface area contributed by atoms with Crippen molar-refractivity contribution in [2.24, 2.45) is 0 Å². The average Bonchev–Trinajstić information content (AvgIpc) is 2.39. The molecule has 2 aromatic rings. The van der Waals surface area contributed by atoms with Crippen molar-refractivity contribution in [3.8, 4) is 5.75 Å². The van der Waals surface area contributed by atoms with Gasteiger partial charge in [-0.15, -0.1) is 0 Å². The summed E-state index contributed by atoms with van der Waals surface area (Å²) in [7, 11) is 0. The fraction of sp³-hybridized carbons (Fsp3) is 0.143. The summed E-state index contributed by atoms with van der Waals surface area (Å²) >= 11 is 3.34. The van der Waals surface area contributed by atoms with Crippen LogP contribution in [0.2, 0.25) is 0 Å². The molecule has 1 unspecified atom stereocenters. The predicted octanol–water partition coefficient (Wildman–Crippen LogP) is 2.97. The molecule has 1 aliphatic rings. The lowest BCUT2D eigenvalue weighted by Crippen LogP contribution is -2.37. The van der Waals surface area contributed by atoms with Crippen molar-refractivity contribution in [3.05, 3.63) is 57.8 Å². The Morgan fingerprint density at radius 2 is 2.16 bits per heavy atom. The Morgan fingerprint density at radius 3 is 2.95 bits per heavy atom. The van der Waals surface area contributed by atoms with Crippen molar-refractivity contribution in [1.82, 2.24) is 10.3 Å². The van der Waals surface area contributed by atoms with Gasteiger partial charge in [-0.25, -0.2) is 0 Å². The SMILES string of the molecule is Cc1cccc(C2NC(=O)c3cc(Br)ccc3O2)n1. The molecule has 5 heteroatoms. The first-order chi connectivity index (χ1) is 9.13. The Hall–Kier alpha value is -1.88. The third-order valence-corrected chi connectivity index (χ3v) is 3.36. The van der Waals surface area contributed by atoms with Crippen LogP contribution in [0.4, 0.5) is 0 Å². The Morgan fingerprint density at radius 1 is 1.32 bits per heavy atom. The van der Waals surface area contributed by atoms with E-state index < -0.39 is 6.23 Å². The van der Waals surface area contributed by atoms with Gasteiger partial charge in [0.05, 0.1) is 5.56 Å². The highest BCUT2D eigenvalue weighted by Gasteiger charge is 2.27. The summed E-state index contributed by atoms with van der Waals surface area (Å²) in [4.78, 5) is 16.4. The maximum Gasteiger partial charge on any atom is 0.258 e. The molecule has 96 valence electrons. The molecule has 0 radical (unpaired) electrons. The van der Waals surface area contributed by atoms with Crippen LogP contribution in [0.15, 0.2) is 40.9 Å². The largest absolute Gasteiger partial charge is 0.464 e. The molecule has 1 aromatic carbocycles. The van der Waals surface area contributed by atoms with Crippen molar-refractivity contribution >= 4 is 21.8 Å². The molecular weight excluding hydrogens is 308 g/mol. The van der Waals surface area contributed by atoms with Crippen LogP contribution in [0.1, 0.15) is 28.0 Å². The highest BCUT2D eigenvalue weighted by molar-refractivity contribution is 9.10. The molecule has 0 saturated carbocycles. The average molecular weight is 319 g/mol. The molecule has 1 aliphatic heterocycles. The quantitative estimate of drug-likeness (QED) is 0.879. The van der Waals surface area contributed by atoms with E-state index in [1.54, 1.807) is 12.1 Å². The van der Waals surface area contributed by atoms with E-state index in [4.69, 9.17) is 4.74 Å². The van der Waals surface area contributed by atoms with Crippen molar-refractivity contribution in [2.45, 2.75) is 13.2 Å². The van der Waals surface area contributed by atoms with Gasteiger partial charge in [0.2, 0.25) is 6.23 Å². The van der Waals surface area contributed by atoms with Crippen LogP contribution in [0, 0.1) is 6.92 Å². The number of rotatable bonds is 1. The number of aromatic nitrogens is 1. The fourth-order valence-corrected chi connectivity index (χ4v) is 2.34. The van der Waals surface area contributed by atoms with Crippen LogP contribution in [-0.4, -0.2) is 10.9 Å². The van der Waals surface area contributed by atoms with E-state index in [0.717, 1.165) is 10.2 Å². The van der Waals surface area contributed by atoms with Gasteiger partial charge in [0.25, 0.3) is 5.91 Å². The zero-order chi connectivity index (χ0) is 13.4. The predicted molar refractivity (Wildman–Crippen MR) is 74.0 cm³/mol. The number of fused-ring (bicyclic) bond motifs is 1. The second-order valence-electron chi connectivity index (χ2n) is 4.32. The molecule has 1 atom stereocenters. The number of amides is 1. The van der Waals surface area contributed by atoms with Gasteiger partial charge in [0, 0.05) is 10.2 Å². The molecule has 0 spiro atoms. The molecule has 19 heavy (non-hydrogen) atoms. The molecule has 1 N–H and O–H groups in total. The molecule has 0 saturated heterocycles. The number of carbonyl (C=O) groups excluding carboxylic acids is 1. The normalized spacial score (nSPS) is 17.4. The minimum atomic E-state index is -0.541. The topological polar surface area (TPSA) is 51.2 Å². The molecule has 4 nitrogen and oxygen atoms in total. The van der Waals surface area contributed by atoms with Crippen LogP contribution in [0.25, 0.3) is 0 Å². The zero-order valence-electron chi connectivity index (χ0n) is 10.2. The second kappa shape index (κ2) is 4.66. The van der Waals surface area contributed by atoms with Crippen LogP contribution in [0.5, 0.6) is 5.75 Å². The standard InChI is InChI=1S/C14H11BrN2O2/c1-8-3-2-4-11(16-8)14-17-13(18)10-7-9(15)5-6-12(10)19-14/h2-7,14H,1H3,(H,17,18). The molecule has 3 rings (SSSR count). The van der Waals surface area contributed by atoms with Crippen LogP contribution in [0.3, 0.4) is 0 Å². The van der Waals surface area contributed by atoms with E-state index in [1.807, 2.05) is 31.2 Å². The number of carbonyl (C=O) groups is 1. The Balaban J connectivity index is 1.97. The molecule has 1 aromatic heterocycles. The first kappa shape index (κ1) is 12.2. The Labute approximate surface area is 118 Å². The maximum absolute atomic E-state index is 12.1. The second-order valence-corrected chi connectivity index (χ2v) is 5.23. The minimum Gasteiger partial charge on any atom is -0.464 e. The van der Waals surface area contributed by atoms with Gasteiger partial charge in [-0.2, -0.15) is 0 Å². The number of benzene rings is 1. The highest BCUT2D eigenvalue weighted by atomic mass is 79.9. The zero-order valence-corrected chi connectivity index (χ0v) is 11.8. The molecule has 0 aliphatic carbocycles. The third-order valence-electron chi connectivity index (χ3n) is 2.87. The number of ether oxygens (including phenoxy) is 1. The number of nitrogens with one attached hydrogen (secondary N) is 1. The number of pyridine rings is 1. The summed E-state index contributed by atoms with van der Waals surface area (Å²) in [6.45, 7) is 1.90. The van der Waals surface area contributed by atoms with Crippen molar-refractivity contribution in [2.75, 3.05) is 0 Å². The molecule has 0 bridgehead atoms. The van der Waals surface area contributed by atoms with Gasteiger partial charge >= 0.3 is 0 Å². The summed E-state index contributed by atoms with van der Waals surface area (Å²) in [6, 6.07) is 11.0. The van der Waals surface area contributed by atoms with Gasteiger partial charge in [0.1, 0.15) is 11.4 Å². The van der Waals surface area contributed by atoms with Crippen molar-refractivity contribution < 1.29 is 9.53 Å². The van der Waals surface area contributed by atoms with E-state index in [0.29, 0.717) is 17.0 Å². The molecule has 0 fully saturated rings. The van der Waals surface area contributed by atoms with E-state index in [-0.39, 0.29) is 5.91 Å². The monoisotopic (exact) mass is 318 g/mol. The first-order valence-corrected chi connectivity index (χ1v) is 6.63. The number of hydrogen-bond donors (Lipinski definition) is 1. The van der Waals surface area contributed by atoms with Gasteiger partial charge < -0.3 is 10.1 Å². The lowest BCUT2D eigenvalue weighted by atomic mass is 10.1. The smallest absolute Gasteiger partial charge is 0.258 e. The summed E-state index contributed by atoms with van der Waals surface area (Å²) in [5, 5.41) is 2.80. The minimum absolute atomic E-state index is 0.157. The number of hydrogen-bond acceptors (Lipinski definition) is 3. The van der Waals surface area contributed by atoms with E-state index in [9.17, 15) is 4.79 Å². The van der Waals surface area contributed by atoms with Gasteiger partial charge in [-0.05, 0) is 37.3 Å². The summed E-state index contributed by atoms with van der Waals surface area (Å²) in [5.41, 5.74) is 2.11. The fourth-order valence-electron chi connectivity index (χ4n) is 1.98. The van der Waals surface area contributed by atoms with E-state index >= 15 is 0 Å². The van der Waals surface area contributed by atoms with Crippen molar-refractivity contribution in [1.29, 1.82) is 0 Å².